The molecule has 2 aliphatic heterocycles. The van der Waals surface area contributed by atoms with Crippen LogP contribution in [0.3, 0.4) is 0 Å². The second kappa shape index (κ2) is 16.7. The van der Waals surface area contributed by atoms with E-state index in [0.717, 1.165) is 25.0 Å². The number of nitrogens with zero attached hydrogens (tertiary/aromatic N) is 5. The van der Waals surface area contributed by atoms with Gasteiger partial charge in [0.15, 0.2) is 5.82 Å². The van der Waals surface area contributed by atoms with Gasteiger partial charge in [0, 0.05) is 30.4 Å². The number of phenolic OH excluding ortho intramolecular Hbond substituents is 1. The molecule has 2 atom stereocenters. The molecule has 21 heteroatoms. The number of aliphatic carboxylic acids is 1. The maximum atomic E-state index is 16.7. The topological polar surface area (TPSA) is 201 Å². The standard InChI is InChI=1S/C37H36F2N6O7S.C2HF3O2/c1-37(2,3)52-36(48)45-23-11-12-24(45)20-44(19-23)33-29-18-41-31(28-17-25(46)15-21-7-4-5-10-27(21)28)30(38)32(29)42-35(43-33)51-14-13-40-34(47)22-8-6-9-26(16-22)53(39,49)50;3-2(4,5)1(6)7/h4-10,15-18,23-24,46H,11-14,19-20H2,1-3H3,(H,40,47);(H,6,7). The fourth-order valence-corrected chi connectivity index (χ4v) is 7.40. The molecular formula is C39H37F5N6O9S. The molecule has 2 aliphatic rings. The first-order valence-corrected chi connectivity index (χ1v) is 19.6. The molecule has 3 aromatic carbocycles. The molecule has 2 aromatic heterocycles. The Morgan fingerprint density at radius 2 is 1.62 bits per heavy atom. The number of hydrogen-bond acceptors (Lipinski definition) is 12. The molecule has 15 nitrogen and oxygen atoms in total. The van der Waals surface area contributed by atoms with Crippen molar-refractivity contribution in [3.8, 4) is 23.0 Å². The number of carbonyl (C=O) groups excluding carboxylic acids is 2. The SMILES string of the molecule is CC(C)(C)OC(=O)N1C2CCC1CN(c1nc(OCCNC(=O)c3cccc(S(=O)(=O)F)c3)nc3c(F)c(-c4cc(O)cc5ccccc45)ncc13)C2.O=C(O)C(F)(F)F. The van der Waals surface area contributed by atoms with E-state index in [9.17, 15) is 40.2 Å². The molecule has 2 unspecified atom stereocenters. The zero-order valence-electron chi connectivity index (χ0n) is 32.0. The van der Waals surface area contributed by atoms with Gasteiger partial charge in [-0.1, -0.05) is 30.3 Å². The predicted octanol–water partition coefficient (Wildman–Crippen LogP) is 6.38. The van der Waals surface area contributed by atoms with Crippen molar-refractivity contribution >= 4 is 55.7 Å². The number of rotatable bonds is 8. The number of carboxylic acids is 1. The average Bonchev–Trinajstić information content (AvgIpc) is 3.44. The van der Waals surface area contributed by atoms with Crippen molar-refractivity contribution in [2.75, 3.05) is 31.1 Å². The molecule has 318 valence electrons. The smallest absolute Gasteiger partial charge is 0.490 e. The normalized spacial score (nSPS) is 16.6. The van der Waals surface area contributed by atoms with E-state index in [-0.39, 0.29) is 53.8 Å². The van der Waals surface area contributed by atoms with Gasteiger partial charge in [0.25, 0.3) is 5.91 Å². The number of carboxylic acid groups (broad SMARTS) is 1. The largest absolute Gasteiger partial charge is 0.508 e. The van der Waals surface area contributed by atoms with Gasteiger partial charge in [0.1, 0.15) is 35.0 Å². The minimum atomic E-state index is -5.08. The van der Waals surface area contributed by atoms with E-state index < -0.39 is 50.7 Å². The summed E-state index contributed by atoms with van der Waals surface area (Å²) in [6.07, 6.45) is -2.50. The van der Waals surface area contributed by atoms with Gasteiger partial charge in [-0.2, -0.15) is 31.6 Å². The van der Waals surface area contributed by atoms with Crippen LogP contribution in [0.1, 0.15) is 44.0 Å². The van der Waals surface area contributed by atoms with Crippen molar-refractivity contribution in [2.24, 2.45) is 0 Å². The number of anilines is 1. The fraction of sp³-hybridized carbons (Fsp3) is 0.333. The highest BCUT2D eigenvalue weighted by molar-refractivity contribution is 7.86. The Morgan fingerprint density at radius 3 is 2.25 bits per heavy atom. The zero-order chi connectivity index (χ0) is 43.7. The second-order valence-electron chi connectivity index (χ2n) is 14.8. The van der Waals surface area contributed by atoms with Crippen molar-refractivity contribution < 1.29 is 63.9 Å². The van der Waals surface area contributed by atoms with Crippen LogP contribution in [0.2, 0.25) is 0 Å². The molecule has 3 N–H and O–H groups in total. The van der Waals surface area contributed by atoms with Gasteiger partial charge in [-0.05, 0) is 74.7 Å². The van der Waals surface area contributed by atoms with Crippen molar-refractivity contribution in [3.63, 3.8) is 0 Å². The van der Waals surface area contributed by atoms with Crippen LogP contribution in [0, 0.1) is 5.82 Å². The first-order chi connectivity index (χ1) is 28.1. The summed E-state index contributed by atoms with van der Waals surface area (Å²) in [5.74, 6) is -3.91. The van der Waals surface area contributed by atoms with Gasteiger partial charge < -0.3 is 29.9 Å². The Hall–Kier alpha value is -6.38. The molecule has 60 heavy (non-hydrogen) atoms. The summed E-state index contributed by atoms with van der Waals surface area (Å²) >= 11 is 0. The number of aromatic hydroxyl groups is 1. The molecule has 2 saturated heterocycles. The fourth-order valence-electron chi connectivity index (χ4n) is 6.89. The van der Waals surface area contributed by atoms with Gasteiger partial charge in [0.2, 0.25) is 0 Å². The molecule has 0 spiro atoms. The van der Waals surface area contributed by atoms with Crippen LogP contribution in [0.5, 0.6) is 11.8 Å². The number of piperazine rings is 1. The third kappa shape index (κ3) is 9.73. The Balaban J connectivity index is 0.000000793. The first kappa shape index (κ1) is 43.2. The van der Waals surface area contributed by atoms with Crippen molar-refractivity contribution in [3.05, 3.63) is 78.2 Å². The lowest BCUT2D eigenvalue weighted by atomic mass is 10.00. The van der Waals surface area contributed by atoms with Crippen LogP contribution >= 0.6 is 0 Å². The Kier molecular flexibility index (Phi) is 12.0. The Bertz CT molecular complexity index is 2580. The van der Waals surface area contributed by atoms with Gasteiger partial charge in [-0.25, -0.2) is 14.0 Å². The van der Waals surface area contributed by atoms with E-state index in [1.807, 2.05) is 31.7 Å². The van der Waals surface area contributed by atoms with Crippen LogP contribution in [-0.2, 0) is 19.8 Å². The van der Waals surface area contributed by atoms with E-state index in [0.29, 0.717) is 40.6 Å². The minimum absolute atomic E-state index is 0.0419. The Labute approximate surface area is 339 Å². The summed E-state index contributed by atoms with van der Waals surface area (Å²) in [6, 6.07) is 14.2. The lowest BCUT2D eigenvalue weighted by Crippen LogP contribution is -2.57. The number of benzene rings is 3. The molecule has 4 heterocycles. The number of phenols is 1. The number of nitrogens with one attached hydrogen (secondary N) is 1. The maximum Gasteiger partial charge on any atom is 0.490 e. The molecule has 7 rings (SSSR count). The maximum absolute atomic E-state index is 16.7. The quantitative estimate of drug-likeness (QED) is 0.0883. The van der Waals surface area contributed by atoms with Crippen LogP contribution in [-0.4, -0.2) is 107 Å². The van der Waals surface area contributed by atoms with Crippen molar-refractivity contribution in [2.45, 2.75) is 62.4 Å². The molecule has 5 aromatic rings. The lowest BCUT2D eigenvalue weighted by molar-refractivity contribution is -0.192. The van der Waals surface area contributed by atoms with Crippen LogP contribution < -0.4 is 15.0 Å². The lowest BCUT2D eigenvalue weighted by Gasteiger charge is -2.42. The average molecular weight is 861 g/mol. The van der Waals surface area contributed by atoms with E-state index in [1.165, 1.54) is 24.4 Å². The summed E-state index contributed by atoms with van der Waals surface area (Å²) in [5.41, 5.74) is -0.505. The summed E-state index contributed by atoms with van der Waals surface area (Å²) < 4.78 is 96.1. The number of alkyl halides is 3. The number of pyridine rings is 1. The van der Waals surface area contributed by atoms with Gasteiger partial charge in [-0.3, -0.25) is 14.7 Å². The Morgan fingerprint density at radius 1 is 0.950 bits per heavy atom. The summed E-state index contributed by atoms with van der Waals surface area (Å²) in [7, 11) is -5.01. The molecule has 2 amide bonds. The highest BCUT2D eigenvalue weighted by atomic mass is 32.3. The molecule has 0 radical (unpaired) electrons. The van der Waals surface area contributed by atoms with Crippen molar-refractivity contribution in [1.29, 1.82) is 0 Å². The number of ether oxygens (including phenoxy) is 2. The number of fused-ring (bicyclic) bond motifs is 4. The molecule has 2 bridgehead atoms. The second-order valence-corrected chi connectivity index (χ2v) is 16.1. The summed E-state index contributed by atoms with van der Waals surface area (Å²) in [6.45, 7) is 5.96. The van der Waals surface area contributed by atoms with E-state index in [4.69, 9.17) is 19.4 Å². The van der Waals surface area contributed by atoms with Crippen LogP contribution in [0.15, 0.2) is 71.8 Å². The van der Waals surface area contributed by atoms with Crippen LogP contribution in [0.25, 0.3) is 32.9 Å². The number of carbonyl (C=O) groups is 3. The van der Waals surface area contributed by atoms with Gasteiger partial charge >= 0.3 is 34.5 Å². The van der Waals surface area contributed by atoms with E-state index in [2.05, 4.69) is 20.3 Å². The van der Waals surface area contributed by atoms with Gasteiger partial charge in [-0.15, -0.1) is 3.89 Å². The predicted molar refractivity (Wildman–Crippen MR) is 205 cm³/mol. The third-order valence-corrected chi connectivity index (χ3v) is 10.2. The third-order valence-electron chi connectivity index (χ3n) is 9.37. The molecule has 0 aliphatic carbocycles. The number of hydrogen-bond donors (Lipinski definition) is 3. The molecule has 0 saturated carbocycles. The number of amides is 2. The summed E-state index contributed by atoms with van der Waals surface area (Å²) in [4.78, 5) is 51.4. The first-order valence-electron chi connectivity index (χ1n) is 18.2. The highest BCUT2D eigenvalue weighted by Gasteiger charge is 2.45. The molecular weight excluding hydrogens is 824 g/mol. The monoisotopic (exact) mass is 860 g/mol. The minimum Gasteiger partial charge on any atom is -0.508 e. The molecule has 2 fully saturated rings. The van der Waals surface area contributed by atoms with E-state index >= 15 is 4.39 Å². The zero-order valence-corrected chi connectivity index (χ0v) is 32.9. The number of aromatic nitrogens is 3. The van der Waals surface area contributed by atoms with Gasteiger partial charge in [0.05, 0.1) is 28.9 Å². The van der Waals surface area contributed by atoms with Crippen molar-refractivity contribution in [1.82, 2.24) is 25.2 Å². The van der Waals surface area contributed by atoms with Crippen LogP contribution in [0.4, 0.5) is 32.1 Å². The van der Waals surface area contributed by atoms with E-state index in [1.54, 1.807) is 29.2 Å². The highest BCUT2D eigenvalue weighted by Crippen LogP contribution is 2.39. The number of halogens is 5. The summed E-state index contributed by atoms with van der Waals surface area (Å²) in [5, 5.41) is 21.8.